The fraction of sp³-hybridized carbons (Fsp3) is 0.263. The van der Waals surface area contributed by atoms with Crippen molar-refractivity contribution in [2.45, 2.75) is 20.0 Å². The van der Waals surface area contributed by atoms with E-state index in [1.165, 1.54) is 26.6 Å². The zero-order valence-electron chi connectivity index (χ0n) is 17.1. The van der Waals surface area contributed by atoms with E-state index in [1.807, 2.05) is 0 Å². The van der Waals surface area contributed by atoms with E-state index >= 15 is 0 Å². The number of benzene rings is 1. The number of aryl methyl sites for hydroxylation is 2. The number of halogens is 3. The first-order valence-corrected chi connectivity index (χ1v) is 9.06. The Balaban J connectivity index is 1.81. The quantitative estimate of drug-likeness (QED) is 0.589. The minimum atomic E-state index is -4.65. The van der Waals surface area contributed by atoms with Gasteiger partial charge in [0.1, 0.15) is 18.2 Å². The molecule has 0 saturated heterocycles. The second kappa shape index (κ2) is 8.61. The van der Waals surface area contributed by atoms with Gasteiger partial charge in [-0.2, -0.15) is 23.4 Å². The highest BCUT2D eigenvalue weighted by Gasteiger charge is 2.31. The van der Waals surface area contributed by atoms with Crippen molar-refractivity contribution in [2.75, 3.05) is 11.9 Å². The number of anilines is 1. The molecule has 0 aliphatic carbocycles. The molecule has 0 bridgehead atoms. The van der Waals surface area contributed by atoms with Gasteiger partial charge in [0, 0.05) is 7.05 Å². The number of amides is 1. The average Bonchev–Trinajstić information content (AvgIpc) is 3.25. The summed E-state index contributed by atoms with van der Waals surface area (Å²) in [6.07, 6.45) is -2.24. The minimum absolute atomic E-state index is 0.115. The molecule has 0 unspecified atom stereocenters. The molecule has 32 heavy (non-hydrogen) atoms. The first-order chi connectivity index (χ1) is 15.0. The Labute approximate surface area is 178 Å². The number of rotatable bonds is 5. The molecule has 1 N–H and O–H groups in total. The van der Waals surface area contributed by atoms with E-state index in [0.717, 1.165) is 27.6 Å². The Hall–Kier alpha value is -4.03. The van der Waals surface area contributed by atoms with Crippen LogP contribution < -0.4 is 10.9 Å². The number of carbonyl (C=O) groups excluding carboxylic acids is 2. The summed E-state index contributed by atoms with van der Waals surface area (Å²) in [7, 11) is 1.36. The summed E-state index contributed by atoms with van der Waals surface area (Å²) < 4.78 is 46.4. The molecule has 0 fully saturated rings. The zero-order chi connectivity index (χ0) is 23.6. The van der Waals surface area contributed by atoms with E-state index in [9.17, 15) is 27.6 Å². The van der Waals surface area contributed by atoms with Gasteiger partial charge in [0.25, 0.3) is 11.5 Å². The van der Waals surface area contributed by atoms with Gasteiger partial charge in [-0.15, -0.1) is 0 Å². The molecule has 13 heteroatoms. The second-order valence-electron chi connectivity index (χ2n) is 6.71. The van der Waals surface area contributed by atoms with Gasteiger partial charge in [0.2, 0.25) is 0 Å². The van der Waals surface area contributed by atoms with Gasteiger partial charge < -0.3 is 10.1 Å². The van der Waals surface area contributed by atoms with E-state index < -0.39 is 35.8 Å². The highest BCUT2D eigenvalue weighted by Crippen LogP contribution is 2.33. The number of hydrogen-bond acceptors (Lipinski definition) is 7. The SMILES string of the molecule is Cc1nn(C)c(=O)c(C(=O)OCC(=O)Nc2cc(C(F)(F)F)ccc2-n2cncn2)c1C. The monoisotopic (exact) mass is 450 g/mol. The Morgan fingerprint density at radius 3 is 2.56 bits per heavy atom. The molecule has 2 heterocycles. The maximum atomic E-state index is 13.1. The first kappa shape index (κ1) is 22.7. The van der Waals surface area contributed by atoms with E-state index in [1.54, 1.807) is 6.92 Å². The summed E-state index contributed by atoms with van der Waals surface area (Å²) in [6, 6.07) is 2.67. The number of nitrogens with one attached hydrogen (secondary N) is 1. The molecule has 0 spiro atoms. The van der Waals surface area contributed by atoms with Gasteiger partial charge in [-0.1, -0.05) is 0 Å². The molecule has 10 nitrogen and oxygen atoms in total. The molecule has 1 aromatic carbocycles. The fourth-order valence-corrected chi connectivity index (χ4v) is 2.82. The third kappa shape index (κ3) is 4.66. The normalized spacial score (nSPS) is 11.3. The Morgan fingerprint density at radius 2 is 1.94 bits per heavy atom. The topological polar surface area (TPSA) is 121 Å². The Bertz CT molecular complexity index is 1240. The van der Waals surface area contributed by atoms with E-state index in [4.69, 9.17) is 4.74 Å². The van der Waals surface area contributed by atoms with Crippen LogP contribution in [0.2, 0.25) is 0 Å². The molecular weight excluding hydrogens is 433 g/mol. The third-order valence-corrected chi connectivity index (χ3v) is 4.53. The zero-order valence-corrected chi connectivity index (χ0v) is 17.1. The lowest BCUT2D eigenvalue weighted by Gasteiger charge is -2.14. The molecule has 1 amide bonds. The van der Waals surface area contributed by atoms with Crippen LogP contribution in [0.5, 0.6) is 0 Å². The van der Waals surface area contributed by atoms with Gasteiger partial charge in [-0.3, -0.25) is 9.59 Å². The van der Waals surface area contributed by atoms with Crippen LogP contribution in [0.15, 0.2) is 35.6 Å². The number of ether oxygens (including phenoxy) is 1. The Morgan fingerprint density at radius 1 is 1.22 bits per heavy atom. The van der Waals surface area contributed by atoms with Gasteiger partial charge in [-0.25, -0.2) is 19.1 Å². The summed E-state index contributed by atoms with van der Waals surface area (Å²) in [5.74, 6) is -1.97. The number of aromatic nitrogens is 5. The molecule has 0 aliphatic rings. The Kier molecular flexibility index (Phi) is 6.09. The van der Waals surface area contributed by atoms with Gasteiger partial charge >= 0.3 is 12.1 Å². The maximum absolute atomic E-state index is 13.1. The van der Waals surface area contributed by atoms with Crippen molar-refractivity contribution in [3.05, 3.63) is 63.6 Å². The number of esters is 1. The van der Waals surface area contributed by atoms with Gasteiger partial charge in [0.05, 0.1) is 22.6 Å². The summed E-state index contributed by atoms with van der Waals surface area (Å²) in [5, 5.41) is 10.1. The number of alkyl halides is 3. The molecule has 0 radical (unpaired) electrons. The van der Waals surface area contributed by atoms with Crippen LogP contribution in [-0.2, 0) is 22.8 Å². The number of hydrogen-bond donors (Lipinski definition) is 1. The van der Waals surface area contributed by atoms with Crippen molar-refractivity contribution >= 4 is 17.6 Å². The predicted octanol–water partition coefficient (Wildman–Crippen LogP) is 1.79. The lowest BCUT2D eigenvalue weighted by atomic mass is 10.1. The predicted molar refractivity (Wildman–Crippen MR) is 104 cm³/mol. The van der Waals surface area contributed by atoms with Gasteiger partial charge in [-0.05, 0) is 37.6 Å². The molecular formula is C19H17F3N6O4. The lowest BCUT2D eigenvalue weighted by molar-refractivity contribution is -0.137. The fourth-order valence-electron chi connectivity index (χ4n) is 2.82. The van der Waals surface area contributed by atoms with Crippen LogP contribution >= 0.6 is 0 Å². The molecule has 168 valence electrons. The summed E-state index contributed by atoms with van der Waals surface area (Å²) in [6.45, 7) is 2.26. The van der Waals surface area contributed by atoms with E-state index in [-0.39, 0.29) is 16.9 Å². The van der Waals surface area contributed by atoms with Crippen LogP contribution in [0.3, 0.4) is 0 Å². The molecule has 0 atom stereocenters. The highest BCUT2D eigenvalue weighted by molar-refractivity contribution is 5.97. The van der Waals surface area contributed by atoms with Crippen molar-refractivity contribution in [3.8, 4) is 5.69 Å². The van der Waals surface area contributed by atoms with Crippen LogP contribution in [0.4, 0.5) is 18.9 Å². The van der Waals surface area contributed by atoms with Crippen LogP contribution in [-0.4, -0.2) is 43.0 Å². The molecule has 0 aliphatic heterocycles. The minimum Gasteiger partial charge on any atom is -0.452 e. The largest absolute Gasteiger partial charge is 0.452 e. The highest BCUT2D eigenvalue weighted by atomic mass is 19.4. The van der Waals surface area contributed by atoms with Crippen molar-refractivity contribution in [3.63, 3.8) is 0 Å². The smallest absolute Gasteiger partial charge is 0.416 e. The second-order valence-corrected chi connectivity index (χ2v) is 6.71. The van der Waals surface area contributed by atoms with E-state index in [0.29, 0.717) is 11.3 Å². The molecule has 2 aromatic heterocycles. The third-order valence-electron chi connectivity index (χ3n) is 4.53. The lowest BCUT2D eigenvalue weighted by Crippen LogP contribution is -2.31. The van der Waals surface area contributed by atoms with Crippen molar-refractivity contribution < 1.29 is 27.5 Å². The van der Waals surface area contributed by atoms with Crippen LogP contribution in [0.1, 0.15) is 27.2 Å². The maximum Gasteiger partial charge on any atom is 0.416 e. The molecule has 3 aromatic rings. The molecule has 0 saturated carbocycles. The summed E-state index contributed by atoms with van der Waals surface area (Å²) >= 11 is 0. The van der Waals surface area contributed by atoms with Crippen molar-refractivity contribution in [1.29, 1.82) is 0 Å². The number of nitrogens with zero attached hydrogens (tertiary/aromatic N) is 5. The molecule has 3 rings (SSSR count). The average molecular weight is 450 g/mol. The van der Waals surface area contributed by atoms with Crippen molar-refractivity contribution in [2.24, 2.45) is 7.05 Å². The first-order valence-electron chi connectivity index (χ1n) is 9.06. The standard InChI is InChI=1S/C19H17F3N6O4/c1-10-11(2)26-27(3)17(30)16(10)18(31)32-7-15(29)25-13-6-12(19(20,21)22)4-5-14(13)28-9-23-8-24-28/h4-6,8-9H,7H2,1-3H3,(H,25,29). The van der Waals surface area contributed by atoms with Gasteiger partial charge in [0.15, 0.2) is 6.61 Å². The van der Waals surface area contributed by atoms with Crippen LogP contribution in [0.25, 0.3) is 5.69 Å². The number of carbonyl (C=O) groups is 2. The van der Waals surface area contributed by atoms with E-state index in [2.05, 4.69) is 20.5 Å². The van der Waals surface area contributed by atoms with Crippen molar-refractivity contribution in [1.82, 2.24) is 24.5 Å². The summed E-state index contributed by atoms with van der Waals surface area (Å²) in [4.78, 5) is 40.6. The summed E-state index contributed by atoms with van der Waals surface area (Å²) in [5.41, 5.74) is -1.38. The van der Waals surface area contributed by atoms with Crippen LogP contribution in [0, 0.1) is 13.8 Å².